The van der Waals surface area contributed by atoms with Gasteiger partial charge in [0.25, 0.3) is 0 Å². The van der Waals surface area contributed by atoms with Gasteiger partial charge in [-0.05, 0) is 73.9 Å². The first-order valence-electron chi connectivity index (χ1n) is 8.65. The van der Waals surface area contributed by atoms with E-state index >= 15 is 0 Å². The van der Waals surface area contributed by atoms with Crippen LogP contribution in [0.25, 0.3) is 0 Å². The monoisotopic (exact) mass is 326 g/mol. The van der Waals surface area contributed by atoms with Gasteiger partial charge in [-0.2, -0.15) is 0 Å². The molecule has 0 unspecified atom stereocenters. The summed E-state index contributed by atoms with van der Waals surface area (Å²) >= 11 is 0. The number of hydrogen-bond donors (Lipinski definition) is 1. The molecule has 0 atom stereocenters. The minimum atomic E-state index is -0.187. The molecule has 2 heteroatoms. The second-order valence-corrected chi connectivity index (χ2v) is 8.46. The Bertz CT molecular complexity index is 688. The number of aryl methyl sites for hydroxylation is 2. The van der Waals surface area contributed by atoms with Gasteiger partial charge in [-0.15, -0.1) is 0 Å². The Morgan fingerprint density at radius 3 is 2.00 bits per heavy atom. The number of hydrogen-bond acceptors (Lipinski definition) is 2. The Morgan fingerprint density at radius 1 is 0.833 bits per heavy atom. The first kappa shape index (κ1) is 18.4. The second kappa shape index (κ2) is 6.88. The molecule has 2 rings (SSSR count). The normalized spacial score (nSPS) is 12.2. The quantitative estimate of drug-likeness (QED) is 0.786. The highest BCUT2D eigenvalue weighted by Gasteiger charge is 2.18. The van der Waals surface area contributed by atoms with E-state index in [0.717, 1.165) is 29.7 Å². The topological polar surface area (TPSA) is 29.5 Å². The molecule has 0 bridgehead atoms. The third-order valence-electron chi connectivity index (χ3n) is 3.89. The van der Waals surface area contributed by atoms with Crippen LogP contribution in [0.2, 0.25) is 0 Å². The van der Waals surface area contributed by atoms with Gasteiger partial charge in [-0.25, -0.2) is 0 Å². The van der Waals surface area contributed by atoms with Crippen LogP contribution in [0.15, 0.2) is 42.5 Å². The van der Waals surface area contributed by atoms with Crippen molar-refractivity contribution >= 4 is 0 Å². The molecule has 0 saturated heterocycles. The van der Waals surface area contributed by atoms with Crippen LogP contribution in [0.3, 0.4) is 0 Å². The summed E-state index contributed by atoms with van der Waals surface area (Å²) in [4.78, 5) is 0. The molecule has 2 nitrogen and oxygen atoms in total. The van der Waals surface area contributed by atoms with E-state index < -0.39 is 0 Å². The zero-order chi connectivity index (χ0) is 18.0. The number of benzene rings is 2. The molecule has 0 heterocycles. The highest BCUT2D eigenvalue weighted by molar-refractivity contribution is 5.41. The van der Waals surface area contributed by atoms with Crippen LogP contribution in [0.1, 0.15) is 58.2 Å². The Labute approximate surface area is 146 Å². The lowest BCUT2D eigenvalue weighted by molar-refractivity contribution is 0.131. The van der Waals surface area contributed by atoms with Crippen molar-refractivity contribution in [3.05, 3.63) is 59.2 Å². The van der Waals surface area contributed by atoms with E-state index in [1.165, 1.54) is 5.56 Å². The van der Waals surface area contributed by atoms with Crippen molar-refractivity contribution in [1.29, 1.82) is 0 Å². The van der Waals surface area contributed by atoms with Crippen molar-refractivity contribution < 1.29 is 9.84 Å². The maximum Gasteiger partial charge on any atom is 0.120 e. The third kappa shape index (κ3) is 5.30. The average molecular weight is 326 g/mol. The van der Waals surface area contributed by atoms with E-state index in [1.807, 2.05) is 24.3 Å². The maximum atomic E-state index is 10.3. The van der Waals surface area contributed by atoms with Gasteiger partial charge in [-0.1, -0.05) is 45.0 Å². The first-order chi connectivity index (χ1) is 11.0. The summed E-state index contributed by atoms with van der Waals surface area (Å²) in [5.41, 5.74) is 3.17. The molecule has 0 aliphatic carbocycles. The van der Waals surface area contributed by atoms with Crippen molar-refractivity contribution in [3.63, 3.8) is 0 Å². The molecule has 0 fully saturated rings. The second-order valence-electron chi connectivity index (χ2n) is 8.46. The van der Waals surface area contributed by atoms with Crippen molar-refractivity contribution in [2.45, 2.75) is 65.4 Å². The molecule has 0 aliphatic rings. The number of rotatable bonds is 4. The number of phenols is 1. The lowest BCUT2D eigenvalue weighted by atomic mass is 9.85. The molecule has 1 N–H and O–H groups in total. The van der Waals surface area contributed by atoms with Crippen molar-refractivity contribution in [2.75, 3.05) is 0 Å². The van der Waals surface area contributed by atoms with Gasteiger partial charge in [0, 0.05) is 0 Å². The summed E-state index contributed by atoms with van der Waals surface area (Å²) in [6, 6.07) is 14.3. The fourth-order valence-electron chi connectivity index (χ4n) is 2.77. The van der Waals surface area contributed by atoms with Crippen LogP contribution in [0, 0.1) is 0 Å². The van der Waals surface area contributed by atoms with Crippen molar-refractivity contribution in [1.82, 2.24) is 0 Å². The lowest BCUT2D eigenvalue weighted by Gasteiger charge is -2.22. The van der Waals surface area contributed by atoms with Gasteiger partial charge in [0.1, 0.15) is 17.1 Å². The predicted molar refractivity (Wildman–Crippen MR) is 101 cm³/mol. The maximum absolute atomic E-state index is 10.3. The Morgan fingerprint density at radius 2 is 1.46 bits per heavy atom. The van der Waals surface area contributed by atoms with Gasteiger partial charge in [-0.3, -0.25) is 0 Å². The molecule has 0 saturated carbocycles. The number of ether oxygens (including phenoxy) is 1. The summed E-state index contributed by atoms with van der Waals surface area (Å²) in [5, 5.41) is 10.3. The van der Waals surface area contributed by atoms with E-state index in [2.05, 4.69) is 59.7 Å². The van der Waals surface area contributed by atoms with Crippen molar-refractivity contribution in [2.24, 2.45) is 0 Å². The highest BCUT2D eigenvalue weighted by atomic mass is 16.5. The van der Waals surface area contributed by atoms with Crippen LogP contribution in [-0.2, 0) is 18.3 Å². The molecule has 0 aromatic heterocycles. The van der Waals surface area contributed by atoms with Crippen LogP contribution in [0.5, 0.6) is 11.5 Å². The number of phenolic OH excluding ortho intramolecular Hbond substituents is 1. The fourth-order valence-corrected chi connectivity index (χ4v) is 2.77. The van der Waals surface area contributed by atoms with E-state index in [4.69, 9.17) is 4.74 Å². The highest BCUT2D eigenvalue weighted by Crippen LogP contribution is 2.31. The van der Waals surface area contributed by atoms with Crippen LogP contribution < -0.4 is 4.74 Å². The Balaban J connectivity index is 2.06. The largest absolute Gasteiger partial charge is 0.508 e. The standard InChI is InChI=1S/C22H30O2/c1-21(2,3)19-13-12-17(15-20(19)23)11-10-16-8-7-9-18(14-16)24-22(4,5)6/h7-9,12-15,23H,10-11H2,1-6H3. The Hall–Kier alpha value is -1.96. The Kier molecular flexibility index (Phi) is 5.27. The zero-order valence-corrected chi connectivity index (χ0v) is 15.8. The minimum absolute atomic E-state index is 0.0404. The van der Waals surface area contributed by atoms with Gasteiger partial charge in [0.05, 0.1) is 0 Å². The summed E-state index contributed by atoms with van der Waals surface area (Å²) in [7, 11) is 0. The smallest absolute Gasteiger partial charge is 0.120 e. The van der Waals surface area contributed by atoms with Crippen LogP contribution in [0.4, 0.5) is 0 Å². The van der Waals surface area contributed by atoms with E-state index in [1.54, 1.807) is 0 Å². The molecule has 0 amide bonds. The molecular formula is C22H30O2. The molecule has 0 spiro atoms. The fraction of sp³-hybridized carbons (Fsp3) is 0.455. The predicted octanol–water partition coefficient (Wildman–Crippen LogP) is 5.65. The summed E-state index contributed by atoms with van der Waals surface area (Å²) in [5.74, 6) is 1.30. The third-order valence-corrected chi connectivity index (χ3v) is 3.89. The summed E-state index contributed by atoms with van der Waals surface area (Å²) in [6.07, 6.45) is 1.83. The van der Waals surface area contributed by atoms with Gasteiger partial charge < -0.3 is 9.84 Å². The van der Waals surface area contributed by atoms with E-state index in [0.29, 0.717) is 5.75 Å². The zero-order valence-electron chi connectivity index (χ0n) is 15.8. The average Bonchev–Trinajstić information content (AvgIpc) is 2.42. The van der Waals surface area contributed by atoms with E-state index in [-0.39, 0.29) is 11.0 Å². The molecule has 24 heavy (non-hydrogen) atoms. The minimum Gasteiger partial charge on any atom is -0.508 e. The molecule has 0 aliphatic heterocycles. The summed E-state index contributed by atoms with van der Waals surface area (Å²) in [6.45, 7) is 12.5. The first-order valence-corrected chi connectivity index (χ1v) is 8.65. The molecule has 0 radical (unpaired) electrons. The molecule has 130 valence electrons. The van der Waals surface area contributed by atoms with Crippen molar-refractivity contribution in [3.8, 4) is 11.5 Å². The lowest BCUT2D eigenvalue weighted by Crippen LogP contribution is -2.22. The number of aromatic hydroxyl groups is 1. The molecule has 2 aromatic rings. The SMILES string of the molecule is CC(C)(C)Oc1cccc(CCc2ccc(C(C)(C)C)c(O)c2)c1. The van der Waals surface area contributed by atoms with Gasteiger partial charge in [0.2, 0.25) is 0 Å². The molecule has 2 aromatic carbocycles. The summed E-state index contributed by atoms with van der Waals surface area (Å²) < 4.78 is 5.93. The van der Waals surface area contributed by atoms with Crippen LogP contribution >= 0.6 is 0 Å². The van der Waals surface area contributed by atoms with Crippen LogP contribution in [-0.4, -0.2) is 10.7 Å². The van der Waals surface area contributed by atoms with E-state index in [9.17, 15) is 5.11 Å². The van der Waals surface area contributed by atoms with Gasteiger partial charge in [0.15, 0.2) is 0 Å². The van der Waals surface area contributed by atoms with Gasteiger partial charge >= 0.3 is 0 Å². The molecular weight excluding hydrogens is 296 g/mol.